The van der Waals surface area contributed by atoms with Crippen LogP contribution in [0.5, 0.6) is 5.75 Å². The molecule has 1 aromatic heterocycles. The van der Waals surface area contributed by atoms with Gasteiger partial charge in [0.2, 0.25) is 0 Å². The summed E-state index contributed by atoms with van der Waals surface area (Å²) in [6.45, 7) is 0. The standard InChI is InChI=1S/C9H7NO2S3/c1-12-7-4-2-6(3-5-7)10-8(11)14-15-9(10)13/h2-5H,1H3. The zero-order valence-corrected chi connectivity index (χ0v) is 10.2. The fourth-order valence-electron chi connectivity index (χ4n) is 1.16. The maximum atomic E-state index is 11.5. The summed E-state index contributed by atoms with van der Waals surface area (Å²) in [5, 5.41) is 0. The van der Waals surface area contributed by atoms with Gasteiger partial charge in [0.25, 0.3) is 0 Å². The first-order valence-electron chi connectivity index (χ1n) is 4.09. The SMILES string of the molecule is COc1ccc(-n2c(=O)ssc2=S)cc1. The van der Waals surface area contributed by atoms with Gasteiger partial charge in [-0.05, 0) is 57.2 Å². The van der Waals surface area contributed by atoms with Crippen LogP contribution >= 0.6 is 32.9 Å². The third-order valence-electron chi connectivity index (χ3n) is 1.88. The van der Waals surface area contributed by atoms with Gasteiger partial charge in [0.15, 0.2) is 3.95 Å². The Balaban J connectivity index is 2.55. The van der Waals surface area contributed by atoms with Crippen LogP contribution in [0.15, 0.2) is 29.1 Å². The van der Waals surface area contributed by atoms with Crippen molar-refractivity contribution >= 4 is 32.9 Å². The van der Waals surface area contributed by atoms with Gasteiger partial charge in [-0.15, -0.1) is 0 Å². The molecule has 0 saturated carbocycles. The molecule has 0 aliphatic rings. The topological polar surface area (TPSA) is 31.2 Å². The van der Waals surface area contributed by atoms with E-state index in [0.29, 0.717) is 3.95 Å². The summed E-state index contributed by atoms with van der Waals surface area (Å²) in [6.07, 6.45) is 0. The molecule has 6 heteroatoms. The number of nitrogens with zero attached hydrogens (tertiary/aromatic N) is 1. The minimum absolute atomic E-state index is 0.0461. The Morgan fingerprint density at radius 3 is 2.40 bits per heavy atom. The first-order chi connectivity index (χ1) is 7.22. The van der Waals surface area contributed by atoms with Crippen LogP contribution in [0.4, 0.5) is 0 Å². The minimum Gasteiger partial charge on any atom is -0.497 e. The van der Waals surface area contributed by atoms with E-state index in [1.807, 2.05) is 12.1 Å². The second kappa shape index (κ2) is 4.26. The smallest absolute Gasteiger partial charge is 0.323 e. The molecule has 0 radical (unpaired) electrons. The van der Waals surface area contributed by atoms with E-state index in [1.165, 1.54) is 14.9 Å². The number of hydrogen-bond donors (Lipinski definition) is 0. The lowest BCUT2D eigenvalue weighted by Gasteiger charge is -2.02. The summed E-state index contributed by atoms with van der Waals surface area (Å²) in [4.78, 5) is 11.4. The van der Waals surface area contributed by atoms with Gasteiger partial charge in [0.1, 0.15) is 5.75 Å². The maximum absolute atomic E-state index is 11.5. The van der Waals surface area contributed by atoms with Crippen molar-refractivity contribution in [2.75, 3.05) is 7.11 Å². The van der Waals surface area contributed by atoms with Crippen LogP contribution in [0.3, 0.4) is 0 Å². The molecule has 0 amide bonds. The third kappa shape index (κ3) is 2.01. The monoisotopic (exact) mass is 257 g/mol. The Morgan fingerprint density at radius 2 is 1.93 bits per heavy atom. The molecule has 2 rings (SSSR count). The fraction of sp³-hybridized carbons (Fsp3) is 0.111. The van der Waals surface area contributed by atoms with Gasteiger partial charge in [0.05, 0.1) is 12.8 Å². The van der Waals surface area contributed by atoms with E-state index >= 15 is 0 Å². The predicted molar refractivity (Wildman–Crippen MR) is 65.2 cm³/mol. The Labute approximate surface area is 98.6 Å². The lowest BCUT2D eigenvalue weighted by Crippen LogP contribution is -2.09. The van der Waals surface area contributed by atoms with E-state index in [2.05, 4.69) is 0 Å². The summed E-state index contributed by atoms with van der Waals surface area (Å²) >= 11 is 5.08. The van der Waals surface area contributed by atoms with E-state index in [4.69, 9.17) is 17.0 Å². The number of ether oxygens (including phenoxy) is 1. The molecular weight excluding hydrogens is 250 g/mol. The highest BCUT2D eigenvalue weighted by molar-refractivity contribution is 7.79. The average Bonchev–Trinajstić information content (AvgIpc) is 2.59. The number of aromatic nitrogens is 1. The molecular formula is C9H7NO2S3. The highest BCUT2D eigenvalue weighted by atomic mass is 32.9. The number of hydrogen-bond acceptors (Lipinski definition) is 5. The molecule has 2 aromatic rings. The molecule has 3 nitrogen and oxygen atoms in total. The molecule has 0 spiro atoms. The Morgan fingerprint density at radius 1 is 1.27 bits per heavy atom. The largest absolute Gasteiger partial charge is 0.497 e. The number of benzene rings is 1. The van der Waals surface area contributed by atoms with E-state index in [1.54, 1.807) is 19.2 Å². The molecule has 1 aromatic carbocycles. The second-order valence-corrected chi connectivity index (χ2v) is 5.45. The van der Waals surface area contributed by atoms with Crippen molar-refractivity contribution in [2.45, 2.75) is 0 Å². The molecule has 15 heavy (non-hydrogen) atoms. The van der Waals surface area contributed by atoms with Crippen molar-refractivity contribution in [3.8, 4) is 11.4 Å². The lowest BCUT2D eigenvalue weighted by molar-refractivity contribution is 0.414. The predicted octanol–water partition coefficient (Wildman–Crippen LogP) is 2.70. The van der Waals surface area contributed by atoms with Crippen LogP contribution in [0.25, 0.3) is 5.69 Å². The molecule has 0 aliphatic carbocycles. The van der Waals surface area contributed by atoms with E-state index in [-0.39, 0.29) is 4.87 Å². The quantitative estimate of drug-likeness (QED) is 0.612. The van der Waals surface area contributed by atoms with Crippen LogP contribution in [0.2, 0.25) is 0 Å². The zero-order valence-electron chi connectivity index (χ0n) is 7.80. The molecule has 0 N–H and O–H groups in total. The summed E-state index contributed by atoms with van der Waals surface area (Å²) in [5.74, 6) is 0.761. The average molecular weight is 257 g/mol. The third-order valence-corrected chi connectivity index (χ3v) is 4.51. The summed E-state index contributed by atoms with van der Waals surface area (Å²) in [7, 11) is 4.06. The van der Waals surface area contributed by atoms with Crippen LogP contribution in [0, 0.1) is 3.95 Å². The first kappa shape index (κ1) is 10.5. The molecule has 1 heterocycles. The molecule has 0 unspecified atom stereocenters. The maximum Gasteiger partial charge on any atom is 0.323 e. The Hall–Kier alpha value is -0.980. The van der Waals surface area contributed by atoms with Gasteiger partial charge < -0.3 is 4.74 Å². The van der Waals surface area contributed by atoms with Crippen molar-refractivity contribution in [1.29, 1.82) is 0 Å². The molecule has 0 fully saturated rings. The van der Waals surface area contributed by atoms with Crippen molar-refractivity contribution in [2.24, 2.45) is 0 Å². The summed E-state index contributed by atoms with van der Waals surface area (Å²) < 4.78 is 7.14. The highest BCUT2D eigenvalue weighted by Crippen LogP contribution is 2.16. The molecule has 0 saturated heterocycles. The Bertz CT molecular complexity index is 537. The molecule has 78 valence electrons. The van der Waals surface area contributed by atoms with Gasteiger partial charge in [-0.2, -0.15) is 0 Å². The lowest BCUT2D eigenvalue weighted by atomic mass is 10.3. The minimum atomic E-state index is -0.0461. The van der Waals surface area contributed by atoms with Crippen LogP contribution in [-0.4, -0.2) is 11.7 Å². The normalized spacial score (nSPS) is 10.2. The van der Waals surface area contributed by atoms with Crippen LogP contribution < -0.4 is 9.61 Å². The number of methoxy groups -OCH3 is 1. The van der Waals surface area contributed by atoms with Crippen LogP contribution in [-0.2, 0) is 0 Å². The van der Waals surface area contributed by atoms with E-state index in [0.717, 1.165) is 21.8 Å². The summed E-state index contributed by atoms with van der Waals surface area (Å²) in [6, 6.07) is 7.24. The van der Waals surface area contributed by atoms with Crippen molar-refractivity contribution < 1.29 is 4.74 Å². The summed E-state index contributed by atoms with van der Waals surface area (Å²) in [5.41, 5.74) is 0.781. The molecule has 0 bridgehead atoms. The Kier molecular flexibility index (Phi) is 2.99. The van der Waals surface area contributed by atoms with Crippen molar-refractivity contribution in [1.82, 2.24) is 4.57 Å². The van der Waals surface area contributed by atoms with Gasteiger partial charge in [-0.1, -0.05) is 0 Å². The molecule has 0 aliphatic heterocycles. The number of rotatable bonds is 2. The first-order valence-corrected chi connectivity index (χ1v) is 6.65. The van der Waals surface area contributed by atoms with Crippen molar-refractivity contribution in [3.05, 3.63) is 37.9 Å². The van der Waals surface area contributed by atoms with Crippen LogP contribution in [0.1, 0.15) is 0 Å². The van der Waals surface area contributed by atoms with E-state index < -0.39 is 0 Å². The second-order valence-electron chi connectivity index (χ2n) is 2.73. The van der Waals surface area contributed by atoms with Gasteiger partial charge in [0, 0.05) is 0 Å². The zero-order chi connectivity index (χ0) is 10.8. The molecule has 0 atom stereocenters. The van der Waals surface area contributed by atoms with Gasteiger partial charge in [-0.25, -0.2) is 4.57 Å². The van der Waals surface area contributed by atoms with Gasteiger partial charge >= 0.3 is 4.87 Å². The van der Waals surface area contributed by atoms with E-state index in [9.17, 15) is 4.79 Å². The van der Waals surface area contributed by atoms with Gasteiger partial charge in [-0.3, -0.25) is 4.79 Å². The highest BCUT2D eigenvalue weighted by Gasteiger charge is 2.03. The van der Waals surface area contributed by atoms with Crippen molar-refractivity contribution in [3.63, 3.8) is 0 Å². The fourth-order valence-corrected chi connectivity index (χ4v) is 3.32.